The molecule has 1 aliphatic rings. The van der Waals surface area contributed by atoms with E-state index in [1.165, 1.54) is 0 Å². The average Bonchev–Trinajstić information content (AvgIpc) is 2.76. The predicted molar refractivity (Wildman–Crippen MR) is 70.8 cm³/mol. The highest BCUT2D eigenvalue weighted by Gasteiger charge is 2.35. The first kappa shape index (κ1) is 13.2. The van der Waals surface area contributed by atoms with Crippen molar-refractivity contribution in [3.63, 3.8) is 0 Å². The fourth-order valence-corrected chi connectivity index (χ4v) is 2.33. The SMILES string of the molecule is CC(C)(C)OC(=O)N1SOCC1c1ccccc1. The van der Waals surface area contributed by atoms with Gasteiger partial charge in [-0.3, -0.25) is 4.18 Å². The zero-order valence-electron chi connectivity index (χ0n) is 10.8. The molecule has 1 unspecified atom stereocenters. The molecule has 98 valence electrons. The molecule has 0 aliphatic carbocycles. The molecule has 4 nitrogen and oxygen atoms in total. The Hall–Kier alpha value is -1.20. The van der Waals surface area contributed by atoms with Crippen LogP contribution in [0, 0.1) is 0 Å². The van der Waals surface area contributed by atoms with E-state index in [0.29, 0.717) is 6.61 Å². The molecule has 0 aromatic heterocycles. The van der Waals surface area contributed by atoms with Gasteiger partial charge in [0.15, 0.2) is 0 Å². The van der Waals surface area contributed by atoms with Crippen molar-refractivity contribution >= 4 is 18.3 Å². The summed E-state index contributed by atoms with van der Waals surface area (Å²) in [5, 5.41) is 0. The Morgan fingerprint density at radius 3 is 2.67 bits per heavy atom. The summed E-state index contributed by atoms with van der Waals surface area (Å²) >= 11 is 1.05. The summed E-state index contributed by atoms with van der Waals surface area (Å²) in [6, 6.07) is 9.72. The second-order valence-electron chi connectivity index (χ2n) is 5.09. The van der Waals surface area contributed by atoms with Gasteiger partial charge in [-0.1, -0.05) is 30.3 Å². The zero-order chi connectivity index (χ0) is 13.2. The molecule has 0 spiro atoms. The summed E-state index contributed by atoms with van der Waals surface area (Å²) in [6.07, 6.45) is -0.362. The lowest BCUT2D eigenvalue weighted by molar-refractivity contribution is 0.0367. The van der Waals surface area contributed by atoms with E-state index in [1.54, 1.807) is 4.31 Å². The largest absolute Gasteiger partial charge is 0.443 e. The fourth-order valence-electron chi connectivity index (χ4n) is 1.64. The Morgan fingerprint density at radius 2 is 2.06 bits per heavy atom. The molecule has 5 heteroatoms. The molecule has 1 fully saturated rings. The molecule has 0 radical (unpaired) electrons. The topological polar surface area (TPSA) is 38.8 Å². The van der Waals surface area contributed by atoms with E-state index in [-0.39, 0.29) is 12.1 Å². The van der Waals surface area contributed by atoms with E-state index in [4.69, 9.17) is 8.92 Å². The van der Waals surface area contributed by atoms with Crippen LogP contribution in [0.5, 0.6) is 0 Å². The maximum absolute atomic E-state index is 12.0. The molecule has 1 saturated heterocycles. The van der Waals surface area contributed by atoms with Gasteiger partial charge in [-0.15, -0.1) is 0 Å². The predicted octanol–water partition coefficient (Wildman–Crippen LogP) is 3.56. The van der Waals surface area contributed by atoms with Crippen LogP contribution in [-0.4, -0.2) is 22.6 Å². The summed E-state index contributed by atoms with van der Waals surface area (Å²) in [5.74, 6) is 0. The van der Waals surface area contributed by atoms with Crippen LogP contribution in [0.1, 0.15) is 32.4 Å². The van der Waals surface area contributed by atoms with Gasteiger partial charge in [0.05, 0.1) is 12.6 Å². The third kappa shape index (κ3) is 3.17. The smallest absolute Gasteiger partial charge is 0.422 e. The molecule has 1 aromatic carbocycles. The second kappa shape index (κ2) is 5.20. The van der Waals surface area contributed by atoms with Crippen molar-refractivity contribution in [3.8, 4) is 0 Å². The number of amides is 1. The van der Waals surface area contributed by atoms with Crippen LogP contribution in [-0.2, 0) is 8.92 Å². The minimum Gasteiger partial charge on any atom is -0.443 e. The number of hydrogen-bond acceptors (Lipinski definition) is 4. The highest BCUT2D eigenvalue weighted by Crippen LogP contribution is 2.36. The van der Waals surface area contributed by atoms with Crippen molar-refractivity contribution in [2.75, 3.05) is 6.61 Å². The van der Waals surface area contributed by atoms with Crippen LogP contribution in [0.3, 0.4) is 0 Å². The van der Waals surface area contributed by atoms with Crippen molar-refractivity contribution in [1.82, 2.24) is 4.31 Å². The minimum absolute atomic E-state index is 0.0916. The molecule has 1 aromatic rings. The van der Waals surface area contributed by atoms with Crippen LogP contribution < -0.4 is 0 Å². The van der Waals surface area contributed by atoms with E-state index >= 15 is 0 Å². The van der Waals surface area contributed by atoms with Gasteiger partial charge >= 0.3 is 6.09 Å². The highest BCUT2D eigenvalue weighted by atomic mass is 32.2. The van der Waals surface area contributed by atoms with Gasteiger partial charge in [-0.05, 0) is 26.3 Å². The van der Waals surface area contributed by atoms with Crippen molar-refractivity contribution in [1.29, 1.82) is 0 Å². The number of carbonyl (C=O) groups is 1. The fraction of sp³-hybridized carbons (Fsp3) is 0.462. The van der Waals surface area contributed by atoms with Crippen molar-refractivity contribution < 1.29 is 13.7 Å². The van der Waals surface area contributed by atoms with Crippen LogP contribution >= 0.6 is 12.2 Å². The number of ether oxygens (including phenoxy) is 1. The standard InChI is InChI=1S/C13H17NO3S/c1-13(2,3)17-12(15)14-11(9-16-18-14)10-7-5-4-6-8-10/h4-8,11H,9H2,1-3H3. The summed E-state index contributed by atoms with van der Waals surface area (Å²) in [7, 11) is 0. The summed E-state index contributed by atoms with van der Waals surface area (Å²) < 4.78 is 12.2. The normalized spacial score (nSPS) is 19.9. The first-order valence-electron chi connectivity index (χ1n) is 5.84. The Labute approximate surface area is 112 Å². The zero-order valence-corrected chi connectivity index (χ0v) is 11.6. The highest BCUT2D eigenvalue weighted by molar-refractivity contribution is 7.93. The molecule has 18 heavy (non-hydrogen) atoms. The molecule has 0 bridgehead atoms. The third-order valence-electron chi connectivity index (χ3n) is 2.40. The van der Waals surface area contributed by atoms with Gasteiger partial charge in [0.2, 0.25) is 0 Å². The number of hydrogen-bond donors (Lipinski definition) is 0. The summed E-state index contributed by atoms with van der Waals surface area (Å²) in [5.41, 5.74) is 0.551. The third-order valence-corrected chi connectivity index (χ3v) is 3.21. The van der Waals surface area contributed by atoms with Gasteiger partial charge in [0.25, 0.3) is 0 Å². The van der Waals surface area contributed by atoms with Crippen LogP contribution in [0.15, 0.2) is 30.3 Å². The van der Waals surface area contributed by atoms with E-state index in [1.807, 2.05) is 51.1 Å². The Kier molecular flexibility index (Phi) is 3.82. The second-order valence-corrected chi connectivity index (χ2v) is 5.87. The van der Waals surface area contributed by atoms with Gasteiger partial charge in [0, 0.05) is 0 Å². The molecular weight excluding hydrogens is 250 g/mol. The van der Waals surface area contributed by atoms with Crippen LogP contribution in [0.25, 0.3) is 0 Å². The van der Waals surface area contributed by atoms with Crippen molar-refractivity contribution in [3.05, 3.63) is 35.9 Å². The molecule has 1 amide bonds. The number of nitrogens with zero attached hydrogens (tertiary/aromatic N) is 1. The van der Waals surface area contributed by atoms with Crippen LogP contribution in [0.4, 0.5) is 4.79 Å². The lowest BCUT2D eigenvalue weighted by Crippen LogP contribution is -2.33. The van der Waals surface area contributed by atoms with Gasteiger partial charge in [-0.2, -0.15) is 0 Å². The molecule has 2 rings (SSSR count). The molecule has 1 aliphatic heterocycles. The van der Waals surface area contributed by atoms with Gasteiger partial charge in [0.1, 0.15) is 17.8 Å². The molecule has 0 saturated carbocycles. The average molecular weight is 267 g/mol. The van der Waals surface area contributed by atoms with E-state index in [2.05, 4.69) is 0 Å². The van der Waals surface area contributed by atoms with Crippen molar-refractivity contribution in [2.45, 2.75) is 32.4 Å². The number of benzene rings is 1. The quantitative estimate of drug-likeness (QED) is 0.576. The lowest BCUT2D eigenvalue weighted by Gasteiger charge is -2.25. The first-order chi connectivity index (χ1) is 8.47. The molecule has 1 atom stereocenters. The molecule has 1 heterocycles. The van der Waals surface area contributed by atoms with Crippen molar-refractivity contribution in [2.24, 2.45) is 0 Å². The van der Waals surface area contributed by atoms with Crippen LogP contribution in [0.2, 0.25) is 0 Å². The number of rotatable bonds is 1. The monoisotopic (exact) mass is 267 g/mol. The summed E-state index contributed by atoms with van der Waals surface area (Å²) in [4.78, 5) is 12.0. The summed E-state index contributed by atoms with van der Waals surface area (Å²) in [6.45, 7) is 6.03. The molecular formula is C13H17NO3S. The first-order valence-corrected chi connectivity index (χ1v) is 6.54. The van der Waals surface area contributed by atoms with E-state index in [9.17, 15) is 4.79 Å². The maximum Gasteiger partial charge on any atom is 0.422 e. The van der Waals surface area contributed by atoms with E-state index in [0.717, 1.165) is 17.8 Å². The Balaban J connectivity index is 2.11. The van der Waals surface area contributed by atoms with E-state index < -0.39 is 5.60 Å². The Morgan fingerprint density at radius 1 is 1.39 bits per heavy atom. The molecule has 0 N–H and O–H groups in total. The maximum atomic E-state index is 12.0. The van der Waals surface area contributed by atoms with Gasteiger partial charge in [-0.25, -0.2) is 9.10 Å². The number of carbonyl (C=O) groups excluding carboxylic acids is 1. The lowest BCUT2D eigenvalue weighted by atomic mass is 10.1. The minimum atomic E-state index is -0.499. The Bertz CT molecular complexity index is 416. The van der Waals surface area contributed by atoms with Gasteiger partial charge < -0.3 is 4.74 Å².